The Labute approximate surface area is 217 Å². The molecule has 208 valence electrons. The zero-order chi connectivity index (χ0) is 28.1. The summed E-state index contributed by atoms with van der Waals surface area (Å²) in [5.74, 6) is -3.75. The van der Waals surface area contributed by atoms with Crippen LogP contribution in [0.4, 0.5) is 0 Å². The third-order valence-electron chi connectivity index (χ3n) is 5.33. The first-order valence-electron chi connectivity index (χ1n) is 11.6. The van der Waals surface area contributed by atoms with Crippen LogP contribution in [0.1, 0.15) is 24.2 Å². The van der Waals surface area contributed by atoms with Gasteiger partial charge in [-0.2, -0.15) is 0 Å². The summed E-state index contributed by atoms with van der Waals surface area (Å²) < 4.78 is 0. The number of hydrogen-bond acceptors (Lipinski definition) is 9. The second kappa shape index (κ2) is 14.9. The Morgan fingerprint density at radius 3 is 1.82 bits per heavy atom. The number of guanidine groups is 1. The second-order valence-electron chi connectivity index (χ2n) is 8.32. The zero-order valence-electron chi connectivity index (χ0n) is 20.5. The highest BCUT2D eigenvalue weighted by Gasteiger charge is 2.31. The lowest BCUT2D eigenvalue weighted by Gasteiger charge is -2.24. The third-order valence-corrected chi connectivity index (χ3v) is 5.33. The minimum atomic E-state index is -1.58. The molecule has 0 saturated carbocycles. The van der Waals surface area contributed by atoms with Gasteiger partial charge in [-0.25, -0.2) is 14.8 Å². The van der Waals surface area contributed by atoms with E-state index >= 15 is 0 Å². The number of amides is 3. The Kier molecular flexibility index (Phi) is 11.7. The molecule has 0 aliphatic heterocycles. The number of carbonyl (C=O) groups is 4. The molecule has 4 unspecified atom stereocenters. The van der Waals surface area contributed by atoms with Crippen molar-refractivity contribution in [2.75, 3.05) is 13.2 Å². The average Bonchev–Trinajstić information content (AvgIpc) is 3.58. The van der Waals surface area contributed by atoms with E-state index in [0.717, 1.165) is 0 Å². The predicted octanol–water partition coefficient (Wildman–Crippen LogP) is -4.17. The van der Waals surface area contributed by atoms with Crippen LogP contribution in [0.25, 0.3) is 0 Å². The number of aliphatic imine (C=N–C) groups is 1. The number of aliphatic hydroxyl groups is 1. The number of aliphatic hydroxyl groups excluding tert-OH is 1. The van der Waals surface area contributed by atoms with Crippen molar-refractivity contribution in [3.05, 3.63) is 36.4 Å². The van der Waals surface area contributed by atoms with Crippen molar-refractivity contribution in [3.63, 3.8) is 0 Å². The van der Waals surface area contributed by atoms with Crippen LogP contribution < -0.4 is 33.2 Å². The molecule has 2 aromatic rings. The first kappa shape index (κ1) is 29.7. The summed E-state index contributed by atoms with van der Waals surface area (Å²) in [6, 6.07) is -4.99. The van der Waals surface area contributed by atoms with Gasteiger partial charge >= 0.3 is 5.97 Å². The molecule has 13 N–H and O–H groups in total. The summed E-state index contributed by atoms with van der Waals surface area (Å²) in [6.45, 7) is -0.581. The number of nitrogens with one attached hydrogen (secondary N) is 5. The molecule has 0 fully saturated rings. The molecule has 0 bridgehead atoms. The lowest BCUT2D eigenvalue weighted by atomic mass is 10.1. The Morgan fingerprint density at radius 2 is 1.39 bits per heavy atom. The van der Waals surface area contributed by atoms with Gasteiger partial charge in [0.05, 0.1) is 25.3 Å². The first-order chi connectivity index (χ1) is 18.1. The molecule has 0 saturated heterocycles. The molecule has 0 radical (unpaired) electrons. The average molecular weight is 536 g/mol. The molecule has 2 rings (SSSR count). The van der Waals surface area contributed by atoms with Crippen molar-refractivity contribution in [2.24, 2.45) is 22.2 Å². The summed E-state index contributed by atoms with van der Waals surface area (Å²) >= 11 is 0. The SMILES string of the molecule is NC(N)=NCCCC(N)C(=O)NC(Cc1cnc[nH]1)C(=O)NC(Cc1cnc[nH]1)C(=O)NC(CO)C(=O)O. The second-order valence-corrected chi connectivity index (χ2v) is 8.32. The number of imidazole rings is 2. The number of rotatable bonds is 16. The fourth-order valence-corrected chi connectivity index (χ4v) is 3.31. The number of carboxylic acid groups (broad SMARTS) is 1. The van der Waals surface area contributed by atoms with Crippen molar-refractivity contribution >= 4 is 29.7 Å². The Morgan fingerprint density at radius 1 is 0.895 bits per heavy atom. The van der Waals surface area contributed by atoms with Gasteiger partial charge in [0.2, 0.25) is 17.7 Å². The number of aliphatic carboxylic acids is 1. The van der Waals surface area contributed by atoms with Crippen molar-refractivity contribution < 1.29 is 29.4 Å². The standard InChI is InChI=1S/C21H33N11O6/c22-13(2-1-3-27-21(23)24)17(34)30-14(4-11-6-25-9-28-11)18(35)31-15(5-12-7-26-10-29-12)19(36)32-16(8-33)20(37)38/h6-7,9-10,13-16,33H,1-5,8,22H2,(H,25,28)(H,26,29)(H,30,34)(H,31,35)(H,32,36)(H,37,38)(H4,23,24,27). The molecular weight excluding hydrogens is 502 g/mol. The third kappa shape index (κ3) is 9.86. The van der Waals surface area contributed by atoms with Crippen LogP contribution in [0, 0.1) is 0 Å². The smallest absolute Gasteiger partial charge is 0.328 e. The maximum Gasteiger partial charge on any atom is 0.328 e. The van der Waals surface area contributed by atoms with E-state index in [1.54, 1.807) is 0 Å². The normalized spacial score (nSPS) is 13.9. The number of H-pyrrole nitrogens is 2. The quantitative estimate of drug-likeness (QED) is 0.0558. The van der Waals surface area contributed by atoms with Gasteiger partial charge in [0.15, 0.2) is 5.96 Å². The van der Waals surface area contributed by atoms with Crippen LogP contribution in [0.5, 0.6) is 0 Å². The van der Waals surface area contributed by atoms with Crippen molar-refractivity contribution in [2.45, 2.75) is 49.9 Å². The lowest BCUT2D eigenvalue weighted by molar-refractivity contribution is -0.143. The maximum atomic E-state index is 13.3. The summed E-state index contributed by atoms with van der Waals surface area (Å²) in [6.07, 6.45) is 6.24. The Bertz CT molecular complexity index is 1070. The Balaban J connectivity index is 2.16. The highest BCUT2D eigenvalue weighted by atomic mass is 16.4. The van der Waals surface area contributed by atoms with Gasteiger partial charge in [-0.05, 0) is 12.8 Å². The van der Waals surface area contributed by atoms with Gasteiger partial charge in [-0.1, -0.05) is 0 Å². The van der Waals surface area contributed by atoms with E-state index in [-0.39, 0.29) is 31.8 Å². The maximum absolute atomic E-state index is 13.3. The predicted molar refractivity (Wildman–Crippen MR) is 133 cm³/mol. The molecule has 2 heterocycles. The number of carbonyl (C=O) groups excluding carboxylic acids is 3. The van der Waals surface area contributed by atoms with Gasteiger partial charge in [0.25, 0.3) is 0 Å². The number of nitrogens with two attached hydrogens (primary N) is 3. The van der Waals surface area contributed by atoms with Gasteiger partial charge < -0.3 is 53.3 Å². The van der Waals surface area contributed by atoms with Crippen LogP contribution in [0.2, 0.25) is 0 Å². The minimum Gasteiger partial charge on any atom is -0.480 e. The monoisotopic (exact) mass is 535 g/mol. The number of nitrogens with zero attached hydrogens (tertiary/aromatic N) is 3. The summed E-state index contributed by atoms with van der Waals surface area (Å²) in [4.78, 5) is 67.4. The van der Waals surface area contributed by atoms with Crippen LogP contribution in [0.15, 0.2) is 30.0 Å². The molecule has 2 aromatic heterocycles. The van der Waals surface area contributed by atoms with Crippen LogP contribution >= 0.6 is 0 Å². The largest absolute Gasteiger partial charge is 0.480 e. The van der Waals surface area contributed by atoms with Crippen molar-refractivity contribution in [1.29, 1.82) is 0 Å². The van der Waals surface area contributed by atoms with Gasteiger partial charge in [0.1, 0.15) is 18.1 Å². The molecule has 3 amide bonds. The highest BCUT2D eigenvalue weighted by molar-refractivity contribution is 5.94. The summed E-state index contributed by atoms with van der Waals surface area (Å²) in [5.41, 5.74) is 17.5. The number of aromatic nitrogens is 4. The highest BCUT2D eigenvalue weighted by Crippen LogP contribution is 2.05. The molecule has 4 atom stereocenters. The number of hydrogen-bond donors (Lipinski definition) is 10. The molecule has 17 heteroatoms. The van der Waals surface area contributed by atoms with Crippen LogP contribution in [-0.2, 0) is 32.0 Å². The molecule has 0 aliphatic carbocycles. The summed E-state index contributed by atoms with van der Waals surface area (Å²) in [5, 5.41) is 25.7. The van der Waals surface area contributed by atoms with Crippen molar-refractivity contribution in [1.82, 2.24) is 35.9 Å². The lowest BCUT2D eigenvalue weighted by Crippen LogP contribution is -2.58. The first-order valence-corrected chi connectivity index (χ1v) is 11.6. The van der Waals surface area contributed by atoms with E-state index in [2.05, 4.69) is 40.9 Å². The number of carboxylic acids is 1. The molecule has 0 aliphatic rings. The number of aromatic amines is 2. The van der Waals surface area contributed by atoms with E-state index in [1.165, 1.54) is 25.0 Å². The van der Waals surface area contributed by atoms with Crippen LogP contribution in [-0.4, -0.2) is 97.1 Å². The fourth-order valence-electron chi connectivity index (χ4n) is 3.31. The van der Waals surface area contributed by atoms with E-state index in [4.69, 9.17) is 22.3 Å². The van der Waals surface area contributed by atoms with Gasteiger partial charge in [-0.15, -0.1) is 0 Å². The molecule has 17 nitrogen and oxygen atoms in total. The topological polar surface area (TPSA) is 293 Å². The molecule has 38 heavy (non-hydrogen) atoms. The minimum absolute atomic E-state index is 0.00885. The molecule has 0 aromatic carbocycles. The Hall–Kier alpha value is -4.51. The van der Waals surface area contributed by atoms with E-state index in [9.17, 15) is 24.3 Å². The molecule has 0 spiro atoms. The van der Waals surface area contributed by atoms with Crippen molar-refractivity contribution in [3.8, 4) is 0 Å². The van der Waals surface area contributed by atoms with E-state index in [1.807, 2.05) is 0 Å². The molecular formula is C21H33N11O6. The van der Waals surface area contributed by atoms with Gasteiger partial charge in [-0.3, -0.25) is 19.4 Å². The van der Waals surface area contributed by atoms with E-state index in [0.29, 0.717) is 17.8 Å². The van der Waals surface area contributed by atoms with Gasteiger partial charge in [0, 0.05) is 43.2 Å². The fraction of sp³-hybridized carbons (Fsp3) is 0.476. The van der Waals surface area contributed by atoms with Crippen LogP contribution in [0.3, 0.4) is 0 Å². The summed E-state index contributed by atoms with van der Waals surface area (Å²) in [7, 11) is 0. The zero-order valence-corrected chi connectivity index (χ0v) is 20.5. The van der Waals surface area contributed by atoms with E-state index < -0.39 is 54.5 Å².